The van der Waals surface area contributed by atoms with E-state index < -0.39 is 31.6 Å². The molecular formula is C6H14NO4P. The number of nitrogens with two attached hydrogens (primary N) is 1. The molecule has 0 spiro atoms. The van der Waals surface area contributed by atoms with Crippen LogP contribution in [0.2, 0.25) is 0 Å². The normalized spacial score (nSPS) is 21.0. The van der Waals surface area contributed by atoms with Gasteiger partial charge in [-0.05, 0) is 6.92 Å². The van der Waals surface area contributed by atoms with Gasteiger partial charge in [-0.3, -0.25) is 9.36 Å². The number of hydrogen-bond acceptors (Lipinski definition) is 3. The molecule has 0 aromatic heterocycles. The fraction of sp³-hybridized carbons (Fsp3) is 0.833. The number of carboxylic acid groups (broad SMARTS) is 1. The van der Waals surface area contributed by atoms with Crippen LogP contribution in [-0.2, 0) is 9.36 Å². The Morgan fingerprint density at radius 1 is 1.50 bits per heavy atom. The topological polar surface area (TPSA) is 101 Å². The van der Waals surface area contributed by atoms with Crippen molar-refractivity contribution in [1.29, 1.82) is 0 Å². The fourth-order valence-corrected chi connectivity index (χ4v) is 2.07. The molecule has 0 aromatic carbocycles. The summed E-state index contributed by atoms with van der Waals surface area (Å²) < 4.78 is 10.7. The summed E-state index contributed by atoms with van der Waals surface area (Å²) >= 11 is 0. The Morgan fingerprint density at radius 2 is 1.92 bits per heavy atom. The Morgan fingerprint density at radius 3 is 2.00 bits per heavy atom. The average molecular weight is 195 g/mol. The van der Waals surface area contributed by atoms with Gasteiger partial charge in [0.05, 0.1) is 11.6 Å². The van der Waals surface area contributed by atoms with Crippen molar-refractivity contribution in [3.05, 3.63) is 0 Å². The van der Waals surface area contributed by atoms with Crippen molar-refractivity contribution in [2.24, 2.45) is 11.7 Å². The van der Waals surface area contributed by atoms with Crippen molar-refractivity contribution in [2.75, 3.05) is 0 Å². The van der Waals surface area contributed by atoms with Crippen LogP contribution >= 0.6 is 8.03 Å². The van der Waals surface area contributed by atoms with Gasteiger partial charge in [0.15, 0.2) is 8.03 Å². The highest BCUT2D eigenvalue weighted by molar-refractivity contribution is 7.39. The molecule has 0 amide bonds. The number of aliphatic carboxylic acids is 1. The van der Waals surface area contributed by atoms with Gasteiger partial charge in [0.2, 0.25) is 0 Å². The monoisotopic (exact) mass is 195 g/mol. The van der Waals surface area contributed by atoms with Gasteiger partial charge >= 0.3 is 5.97 Å². The third kappa shape index (κ3) is 2.93. The molecule has 6 heteroatoms. The van der Waals surface area contributed by atoms with Gasteiger partial charge in [-0.25, -0.2) is 0 Å². The maximum absolute atomic E-state index is 10.7. The number of carboxylic acids is 1. The predicted molar refractivity (Wildman–Crippen MR) is 45.5 cm³/mol. The van der Waals surface area contributed by atoms with Gasteiger partial charge in [0.1, 0.15) is 0 Å². The first-order valence-corrected chi connectivity index (χ1v) is 5.02. The molecule has 0 aliphatic carbocycles. The summed E-state index contributed by atoms with van der Waals surface area (Å²) in [7, 11) is -2.87. The zero-order valence-corrected chi connectivity index (χ0v) is 8.02. The molecule has 0 fully saturated rings. The largest absolute Gasteiger partial charge is 0.481 e. The summed E-state index contributed by atoms with van der Waals surface area (Å²) in [6, 6.07) is -0.576. The highest BCUT2D eigenvalue weighted by atomic mass is 31.1. The van der Waals surface area contributed by atoms with Crippen LogP contribution in [-0.4, -0.2) is 27.7 Å². The highest BCUT2D eigenvalue weighted by Crippen LogP contribution is 2.31. The van der Waals surface area contributed by atoms with E-state index in [9.17, 15) is 9.36 Å². The molecule has 0 aromatic rings. The highest BCUT2D eigenvalue weighted by Gasteiger charge is 2.30. The van der Waals surface area contributed by atoms with E-state index in [1.165, 1.54) is 13.8 Å². The Balaban J connectivity index is 4.51. The Bertz CT molecular complexity index is 194. The van der Waals surface area contributed by atoms with Crippen LogP contribution < -0.4 is 5.73 Å². The summed E-state index contributed by atoms with van der Waals surface area (Å²) in [5.74, 6) is -1.97. The quantitative estimate of drug-likeness (QED) is 0.543. The van der Waals surface area contributed by atoms with Crippen molar-refractivity contribution in [1.82, 2.24) is 0 Å². The standard InChI is InChI=1S/C6H14NO4P/c1-3(6(8)9)5(4(2)7)12(10)11/h3-5,12H,7H2,1-2H3,(H,8,9)(H,10,11). The van der Waals surface area contributed by atoms with Gasteiger partial charge in [-0.2, -0.15) is 0 Å². The molecular weight excluding hydrogens is 181 g/mol. The maximum atomic E-state index is 10.7. The van der Waals surface area contributed by atoms with Crippen LogP contribution in [0.25, 0.3) is 0 Å². The van der Waals surface area contributed by atoms with E-state index in [1.54, 1.807) is 0 Å². The molecule has 0 heterocycles. The maximum Gasteiger partial charge on any atom is 0.307 e. The minimum atomic E-state index is -2.87. The minimum absolute atomic E-state index is 0.576. The lowest BCUT2D eigenvalue weighted by molar-refractivity contribution is -0.141. The van der Waals surface area contributed by atoms with Crippen molar-refractivity contribution in [3.8, 4) is 0 Å². The Labute approximate surface area is 71.4 Å². The van der Waals surface area contributed by atoms with E-state index in [0.717, 1.165) is 0 Å². The molecule has 0 rings (SSSR count). The molecule has 5 nitrogen and oxygen atoms in total. The second-order valence-electron chi connectivity index (χ2n) is 2.85. The van der Waals surface area contributed by atoms with Crippen LogP contribution in [0.5, 0.6) is 0 Å². The first kappa shape index (κ1) is 11.6. The summed E-state index contributed by atoms with van der Waals surface area (Å²) in [4.78, 5) is 19.3. The molecule has 0 saturated heterocycles. The molecule has 4 unspecified atom stereocenters. The second-order valence-corrected chi connectivity index (χ2v) is 4.19. The number of rotatable bonds is 4. The van der Waals surface area contributed by atoms with Gasteiger partial charge in [-0.15, -0.1) is 0 Å². The number of carbonyl (C=O) groups is 1. The minimum Gasteiger partial charge on any atom is -0.481 e. The molecule has 0 aliphatic heterocycles. The van der Waals surface area contributed by atoms with E-state index in [0.29, 0.717) is 0 Å². The molecule has 72 valence electrons. The zero-order valence-electron chi connectivity index (χ0n) is 7.02. The van der Waals surface area contributed by atoms with Crippen LogP contribution in [0.1, 0.15) is 13.8 Å². The molecule has 4 N–H and O–H groups in total. The van der Waals surface area contributed by atoms with Crippen molar-refractivity contribution < 1.29 is 19.4 Å². The summed E-state index contributed by atoms with van der Waals surface area (Å²) in [5.41, 5.74) is 4.54. The Hall–Kier alpha value is -0.380. The predicted octanol–water partition coefficient (Wildman–Crippen LogP) is -0.110. The lowest BCUT2D eigenvalue weighted by Crippen LogP contribution is -2.37. The van der Waals surface area contributed by atoms with E-state index in [-0.39, 0.29) is 0 Å². The van der Waals surface area contributed by atoms with Crippen LogP contribution in [0.3, 0.4) is 0 Å². The van der Waals surface area contributed by atoms with Crippen molar-refractivity contribution in [2.45, 2.75) is 25.5 Å². The lowest BCUT2D eigenvalue weighted by atomic mass is 10.0. The van der Waals surface area contributed by atoms with Gasteiger partial charge in [0.25, 0.3) is 0 Å². The zero-order chi connectivity index (χ0) is 9.89. The van der Waals surface area contributed by atoms with Gasteiger partial charge < -0.3 is 15.7 Å². The van der Waals surface area contributed by atoms with Gasteiger partial charge in [-0.1, -0.05) is 6.92 Å². The Kier molecular flexibility index (Phi) is 4.45. The molecule has 0 aliphatic rings. The average Bonchev–Trinajstić information content (AvgIpc) is 1.85. The smallest absolute Gasteiger partial charge is 0.307 e. The second kappa shape index (κ2) is 4.60. The van der Waals surface area contributed by atoms with Crippen LogP contribution in [0.15, 0.2) is 0 Å². The fourth-order valence-electron chi connectivity index (χ4n) is 1.05. The summed E-state index contributed by atoms with van der Waals surface area (Å²) in [5, 5.41) is 8.56. The molecule has 12 heavy (non-hydrogen) atoms. The summed E-state index contributed by atoms with van der Waals surface area (Å²) in [6.07, 6.45) is 0. The van der Waals surface area contributed by atoms with E-state index in [4.69, 9.17) is 15.7 Å². The van der Waals surface area contributed by atoms with E-state index >= 15 is 0 Å². The first-order chi connectivity index (χ1) is 5.37. The van der Waals surface area contributed by atoms with Crippen molar-refractivity contribution in [3.63, 3.8) is 0 Å². The van der Waals surface area contributed by atoms with E-state index in [2.05, 4.69) is 0 Å². The molecule has 0 saturated carbocycles. The summed E-state index contributed by atoms with van der Waals surface area (Å²) in [6.45, 7) is 2.91. The SMILES string of the molecule is CC(N)C(C(C)C(=O)O)[PH](=O)O. The van der Waals surface area contributed by atoms with E-state index in [1.807, 2.05) is 0 Å². The third-order valence-corrected chi connectivity index (χ3v) is 3.38. The molecule has 0 bridgehead atoms. The molecule has 4 atom stereocenters. The van der Waals surface area contributed by atoms with Crippen molar-refractivity contribution >= 4 is 14.0 Å². The lowest BCUT2D eigenvalue weighted by Gasteiger charge is -2.20. The van der Waals surface area contributed by atoms with Crippen LogP contribution in [0.4, 0.5) is 0 Å². The van der Waals surface area contributed by atoms with Gasteiger partial charge in [0, 0.05) is 6.04 Å². The molecule has 0 radical (unpaired) electrons. The van der Waals surface area contributed by atoms with Crippen LogP contribution in [0, 0.1) is 5.92 Å². The number of hydrogen-bond donors (Lipinski definition) is 3. The first-order valence-electron chi connectivity index (χ1n) is 3.59. The third-order valence-electron chi connectivity index (χ3n) is 1.78.